The van der Waals surface area contributed by atoms with Gasteiger partial charge in [-0.25, -0.2) is 4.39 Å². The molecule has 19 heavy (non-hydrogen) atoms. The molecule has 0 radical (unpaired) electrons. The first-order chi connectivity index (χ1) is 9.29. The summed E-state index contributed by atoms with van der Waals surface area (Å²) in [6.07, 6.45) is 4.88. The van der Waals surface area contributed by atoms with Gasteiger partial charge < -0.3 is 10.1 Å². The summed E-state index contributed by atoms with van der Waals surface area (Å²) in [5, 5.41) is 3.70. The summed E-state index contributed by atoms with van der Waals surface area (Å²) in [7, 11) is 1.79. The number of thioether (sulfide) groups is 1. The fourth-order valence-corrected chi connectivity index (χ4v) is 4.36. The van der Waals surface area contributed by atoms with Gasteiger partial charge in [0.15, 0.2) is 0 Å². The first-order valence-corrected chi connectivity index (χ1v) is 7.98. The molecule has 2 nitrogen and oxygen atoms in total. The zero-order valence-corrected chi connectivity index (χ0v) is 12.0. The van der Waals surface area contributed by atoms with Crippen LogP contribution in [0.4, 0.5) is 4.39 Å². The predicted molar refractivity (Wildman–Crippen MR) is 76.1 cm³/mol. The fraction of sp³-hybridized carbons (Fsp3) is 0.600. The van der Waals surface area contributed by atoms with Crippen molar-refractivity contribution in [3.8, 4) is 0 Å². The molecular formula is C15H20FNOS. The molecular weight excluding hydrogens is 261 g/mol. The van der Waals surface area contributed by atoms with Crippen molar-refractivity contribution in [2.24, 2.45) is 0 Å². The third-order valence-corrected chi connectivity index (χ3v) is 5.36. The molecule has 1 saturated carbocycles. The maximum Gasteiger partial charge on any atom is 0.137 e. The van der Waals surface area contributed by atoms with Gasteiger partial charge in [0, 0.05) is 24.1 Å². The van der Waals surface area contributed by atoms with Crippen LogP contribution in [0, 0.1) is 5.82 Å². The lowest BCUT2D eigenvalue weighted by molar-refractivity contribution is 0.0808. The number of halogens is 1. The van der Waals surface area contributed by atoms with Crippen molar-refractivity contribution in [3.05, 3.63) is 29.6 Å². The lowest BCUT2D eigenvalue weighted by Crippen LogP contribution is -2.40. The summed E-state index contributed by atoms with van der Waals surface area (Å²) < 4.78 is 19.4. The van der Waals surface area contributed by atoms with E-state index in [2.05, 4.69) is 11.4 Å². The first kappa shape index (κ1) is 13.4. The molecule has 0 saturated heterocycles. The Hall–Kier alpha value is -0.580. The van der Waals surface area contributed by atoms with Crippen LogP contribution in [0.15, 0.2) is 23.1 Å². The largest absolute Gasteiger partial charge is 0.380 e. The maximum absolute atomic E-state index is 13.8. The van der Waals surface area contributed by atoms with Crippen molar-refractivity contribution in [1.82, 2.24) is 5.32 Å². The Morgan fingerprint density at radius 2 is 2.21 bits per heavy atom. The van der Waals surface area contributed by atoms with E-state index in [1.165, 1.54) is 6.42 Å². The van der Waals surface area contributed by atoms with E-state index in [1.54, 1.807) is 24.9 Å². The molecule has 3 unspecified atom stereocenters. The smallest absolute Gasteiger partial charge is 0.137 e. The number of methoxy groups -OCH3 is 1. The highest BCUT2D eigenvalue weighted by molar-refractivity contribution is 7.99. The molecule has 1 aliphatic heterocycles. The van der Waals surface area contributed by atoms with Crippen molar-refractivity contribution in [1.29, 1.82) is 0 Å². The Bertz CT molecular complexity index is 454. The van der Waals surface area contributed by atoms with Gasteiger partial charge in [0.25, 0.3) is 0 Å². The minimum absolute atomic E-state index is 0.0799. The summed E-state index contributed by atoms with van der Waals surface area (Å²) in [6, 6.07) is 6.11. The second-order valence-corrected chi connectivity index (χ2v) is 6.43. The highest BCUT2D eigenvalue weighted by atomic mass is 32.2. The Kier molecular flexibility index (Phi) is 4.10. The van der Waals surface area contributed by atoms with Crippen LogP contribution in [0.25, 0.3) is 0 Å². The minimum atomic E-state index is -0.0799. The van der Waals surface area contributed by atoms with E-state index in [0.29, 0.717) is 12.1 Å². The average Bonchev–Trinajstić information content (AvgIpc) is 2.87. The second-order valence-electron chi connectivity index (χ2n) is 5.33. The molecule has 104 valence electrons. The number of rotatable bonds is 3. The van der Waals surface area contributed by atoms with Crippen LogP contribution in [0.2, 0.25) is 0 Å². The summed E-state index contributed by atoms with van der Waals surface area (Å²) in [4.78, 5) is 0.832. The molecule has 1 heterocycles. The first-order valence-electron chi connectivity index (χ1n) is 6.99. The van der Waals surface area contributed by atoms with Crippen LogP contribution >= 0.6 is 11.8 Å². The zero-order valence-electron chi connectivity index (χ0n) is 11.2. The Morgan fingerprint density at radius 3 is 3.05 bits per heavy atom. The zero-order chi connectivity index (χ0) is 13.2. The number of hydrogen-bond acceptors (Lipinski definition) is 3. The van der Waals surface area contributed by atoms with Gasteiger partial charge in [-0.15, -0.1) is 11.8 Å². The van der Waals surface area contributed by atoms with Gasteiger partial charge >= 0.3 is 0 Å². The van der Waals surface area contributed by atoms with Crippen LogP contribution in [-0.4, -0.2) is 25.0 Å². The van der Waals surface area contributed by atoms with Crippen LogP contribution in [0.3, 0.4) is 0 Å². The van der Waals surface area contributed by atoms with Crippen LogP contribution in [0.5, 0.6) is 0 Å². The van der Waals surface area contributed by atoms with Crippen molar-refractivity contribution in [3.63, 3.8) is 0 Å². The highest BCUT2D eigenvalue weighted by Gasteiger charge is 2.31. The van der Waals surface area contributed by atoms with E-state index < -0.39 is 0 Å². The van der Waals surface area contributed by atoms with Gasteiger partial charge in [-0.1, -0.05) is 12.1 Å². The van der Waals surface area contributed by atoms with Crippen molar-refractivity contribution >= 4 is 11.8 Å². The van der Waals surface area contributed by atoms with E-state index >= 15 is 0 Å². The van der Waals surface area contributed by atoms with E-state index in [0.717, 1.165) is 35.5 Å². The van der Waals surface area contributed by atoms with Crippen molar-refractivity contribution in [2.75, 3.05) is 12.9 Å². The quantitative estimate of drug-likeness (QED) is 0.916. The Morgan fingerprint density at radius 1 is 1.32 bits per heavy atom. The lowest BCUT2D eigenvalue weighted by atomic mass is 10.0. The molecule has 1 aromatic carbocycles. The highest BCUT2D eigenvalue weighted by Crippen LogP contribution is 2.38. The number of hydrogen-bond donors (Lipinski definition) is 1. The number of nitrogens with one attached hydrogen (secondary N) is 1. The summed E-state index contributed by atoms with van der Waals surface area (Å²) in [5.41, 5.74) is 1.12. The van der Waals surface area contributed by atoms with Gasteiger partial charge in [-0.2, -0.15) is 0 Å². The minimum Gasteiger partial charge on any atom is -0.380 e. The topological polar surface area (TPSA) is 21.3 Å². The standard InChI is InChI=1S/C15H20FNOS/c1-18-14-7-3-6-13(14)17-12-8-9-19-15-10(12)4-2-5-11(15)16/h2,4-5,12-14,17H,3,6-9H2,1H3. The SMILES string of the molecule is COC1CCCC1NC1CCSc2c(F)cccc21. The number of ether oxygens (including phenoxy) is 1. The van der Waals surface area contributed by atoms with E-state index in [-0.39, 0.29) is 11.9 Å². The molecule has 3 atom stereocenters. The van der Waals surface area contributed by atoms with Gasteiger partial charge in [0.05, 0.1) is 6.10 Å². The third-order valence-electron chi connectivity index (χ3n) is 4.20. The van der Waals surface area contributed by atoms with Gasteiger partial charge in [-0.3, -0.25) is 0 Å². The molecule has 4 heteroatoms. The van der Waals surface area contributed by atoms with Crippen molar-refractivity contribution in [2.45, 2.75) is 48.8 Å². The van der Waals surface area contributed by atoms with Crippen molar-refractivity contribution < 1.29 is 9.13 Å². The van der Waals surface area contributed by atoms with Crippen LogP contribution < -0.4 is 5.32 Å². The molecule has 0 amide bonds. The molecule has 0 spiro atoms. The molecule has 2 aliphatic rings. The van der Waals surface area contributed by atoms with E-state index in [4.69, 9.17) is 4.74 Å². The molecule has 1 aliphatic carbocycles. The Balaban J connectivity index is 1.78. The average molecular weight is 281 g/mol. The van der Waals surface area contributed by atoms with E-state index in [1.807, 2.05) is 6.07 Å². The summed E-state index contributed by atoms with van der Waals surface area (Å²) >= 11 is 1.64. The lowest BCUT2D eigenvalue weighted by Gasteiger charge is -2.31. The predicted octanol–water partition coefficient (Wildman–Crippen LogP) is 3.52. The molecule has 3 rings (SSSR count). The third kappa shape index (κ3) is 2.67. The molecule has 0 bridgehead atoms. The van der Waals surface area contributed by atoms with Gasteiger partial charge in [-0.05, 0) is 43.1 Å². The monoisotopic (exact) mass is 281 g/mol. The number of benzene rings is 1. The second kappa shape index (κ2) is 5.81. The Labute approximate surface area is 118 Å². The molecule has 1 aromatic rings. The summed E-state index contributed by atoms with van der Waals surface area (Å²) in [6.45, 7) is 0. The van der Waals surface area contributed by atoms with Crippen LogP contribution in [0.1, 0.15) is 37.3 Å². The number of fused-ring (bicyclic) bond motifs is 1. The normalized spacial score (nSPS) is 30.3. The van der Waals surface area contributed by atoms with Gasteiger partial charge in [0.2, 0.25) is 0 Å². The molecule has 0 aromatic heterocycles. The van der Waals surface area contributed by atoms with Gasteiger partial charge in [0.1, 0.15) is 5.82 Å². The maximum atomic E-state index is 13.8. The molecule has 1 fully saturated rings. The molecule has 1 N–H and O–H groups in total. The fourth-order valence-electron chi connectivity index (χ4n) is 3.22. The van der Waals surface area contributed by atoms with E-state index in [9.17, 15) is 4.39 Å². The summed E-state index contributed by atoms with van der Waals surface area (Å²) in [5.74, 6) is 0.902. The van der Waals surface area contributed by atoms with Crippen LogP contribution in [-0.2, 0) is 4.74 Å².